The van der Waals surface area contributed by atoms with Gasteiger partial charge >= 0.3 is 5.97 Å². The Balaban J connectivity index is 2.20. The largest absolute Gasteiger partial charge is 0.468 e. The fourth-order valence-electron chi connectivity index (χ4n) is 1.72. The fourth-order valence-corrected chi connectivity index (χ4v) is 1.72. The van der Waals surface area contributed by atoms with Crippen molar-refractivity contribution in [3.63, 3.8) is 0 Å². The van der Waals surface area contributed by atoms with E-state index in [-0.39, 0.29) is 12.5 Å². The number of methoxy groups -OCH3 is 1. The predicted octanol–water partition coefficient (Wildman–Crippen LogP) is 2.73. The van der Waals surface area contributed by atoms with Gasteiger partial charge in [0.1, 0.15) is 6.54 Å². The Morgan fingerprint density at radius 3 is 2.65 bits per heavy atom. The van der Waals surface area contributed by atoms with Gasteiger partial charge in [0.05, 0.1) is 7.11 Å². The molecule has 3 nitrogen and oxygen atoms in total. The molecular weight excluding hydrogens is 214 g/mol. The summed E-state index contributed by atoms with van der Waals surface area (Å²) in [6.07, 6.45) is 0. The molecule has 0 spiro atoms. The first-order valence-corrected chi connectivity index (χ1v) is 5.50. The number of ether oxygens (including phenoxy) is 1. The van der Waals surface area contributed by atoms with E-state index in [1.54, 1.807) is 0 Å². The highest BCUT2D eigenvalue weighted by molar-refractivity contribution is 5.87. The van der Waals surface area contributed by atoms with Gasteiger partial charge in [0, 0.05) is 5.69 Å². The number of carbonyl (C=O) groups excluding carboxylic acids is 1. The number of aryl methyl sites for hydroxylation is 1. The summed E-state index contributed by atoms with van der Waals surface area (Å²) < 4.78 is 4.57. The maximum Gasteiger partial charge on any atom is 0.325 e. The van der Waals surface area contributed by atoms with Crippen LogP contribution in [-0.2, 0) is 9.53 Å². The smallest absolute Gasteiger partial charge is 0.325 e. The van der Waals surface area contributed by atoms with Gasteiger partial charge in [-0.05, 0) is 29.8 Å². The molecule has 0 aliphatic heterocycles. The van der Waals surface area contributed by atoms with Gasteiger partial charge in [-0.3, -0.25) is 4.79 Å². The van der Waals surface area contributed by atoms with Gasteiger partial charge in [-0.1, -0.05) is 29.8 Å². The SMILES string of the molecule is COC(=O)CNc1ccc2cc(C)ccc2c1. The molecular formula is C14H15NO2. The molecule has 0 radical (unpaired) electrons. The van der Waals surface area contributed by atoms with Crippen molar-refractivity contribution in [2.24, 2.45) is 0 Å². The molecule has 2 rings (SSSR count). The van der Waals surface area contributed by atoms with E-state index in [1.165, 1.54) is 18.1 Å². The third-order valence-electron chi connectivity index (χ3n) is 2.66. The van der Waals surface area contributed by atoms with Crippen LogP contribution < -0.4 is 5.32 Å². The summed E-state index contributed by atoms with van der Waals surface area (Å²) in [5, 5.41) is 5.39. The van der Waals surface area contributed by atoms with Crippen molar-refractivity contribution in [1.82, 2.24) is 0 Å². The van der Waals surface area contributed by atoms with Crippen LogP contribution in [0.5, 0.6) is 0 Å². The highest BCUT2D eigenvalue weighted by Gasteiger charge is 2.00. The number of rotatable bonds is 3. The summed E-state index contributed by atoms with van der Waals surface area (Å²) in [5.74, 6) is -0.269. The number of esters is 1. The van der Waals surface area contributed by atoms with Crippen LogP contribution in [0.1, 0.15) is 5.56 Å². The second kappa shape index (κ2) is 4.87. The van der Waals surface area contributed by atoms with Crippen LogP contribution in [0, 0.1) is 6.92 Å². The molecule has 0 bridgehead atoms. The standard InChI is InChI=1S/C14H15NO2/c1-10-3-4-12-8-13(6-5-11(12)7-10)15-9-14(16)17-2/h3-8,15H,9H2,1-2H3. The van der Waals surface area contributed by atoms with Crippen molar-refractivity contribution in [2.75, 3.05) is 19.0 Å². The Labute approximate surface area is 100 Å². The molecule has 0 aliphatic carbocycles. The molecule has 0 amide bonds. The lowest BCUT2D eigenvalue weighted by Gasteiger charge is -2.06. The zero-order chi connectivity index (χ0) is 12.3. The van der Waals surface area contributed by atoms with Crippen molar-refractivity contribution in [2.45, 2.75) is 6.92 Å². The Kier molecular flexibility index (Phi) is 3.28. The first-order chi connectivity index (χ1) is 8.19. The van der Waals surface area contributed by atoms with Crippen LogP contribution >= 0.6 is 0 Å². The number of nitrogens with one attached hydrogen (secondary N) is 1. The number of carbonyl (C=O) groups is 1. The number of benzene rings is 2. The monoisotopic (exact) mass is 229 g/mol. The van der Waals surface area contributed by atoms with Gasteiger partial charge in [-0.15, -0.1) is 0 Å². The van der Waals surface area contributed by atoms with Gasteiger partial charge in [0.2, 0.25) is 0 Å². The molecule has 0 heterocycles. The third-order valence-corrected chi connectivity index (χ3v) is 2.66. The average Bonchev–Trinajstić information content (AvgIpc) is 2.35. The number of hydrogen-bond acceptors (Lipinski definition) is 3. The number of fused-ring (bicyclic) bond motifs is 1. The topological polar surface area (TPSA) is 38.3 Å². The summed E-state index contributed by atoms with van der Waals surface area (Å²) >= 11 is 0. The van der Waals surface area contributed by atoms with Gasteiger partial charge < -0.3 is 10.1 Å². The van der Waals surface area contributed by atoms with Gasteiger partial charge in [-0.2, -0.15) is 0 Å². The summed E-state index contributed by atoms with van der Waals surface area (Å²) in [7, 11) is 1.38. The maximum atomic E-state index is 11.0. The first-order valence-electron chi connectivity index (χ1n) is 5.50. The van der Waals surface area contributed by atoms with Gasteiger partial charge in [0.25, 0.3) is 0 Å². The summed E-state index contributed by atoms with van der Waals surface area (Å²) in [5.41, 5.74) is 2.17. The molecule has 0 unspecified atom stereocenters. The lowest BCUT2D eigenvalue weighted by molar-refractivity contribution is -0.138. The van der Waals surface area contributed by atoms with Crippen molar-refractivity contribution >= 4 is 22.4 Å². The number of hydrogen-bond donors (Lipinski definition) is 1. The minimum absolute atomic E-state index is 0.188. The Bertz CT molecular complexity index is 549. The van der Waals surface area contributed by atoms with E-state index in [4.69, 9.17) is 0 Å². The van der Waals surface area contributed by atoms with Gasteiger partial charge in [-0.25, -0.2) is 0 Å². The molecule has 2 aromatic carbocycles. The van der Waals surface area contributed by atoms with E-state index >= 15 is 0 Å². The molecule has 17 heavy (non-hydrogen) atoms. The van der Waals surface area contributed by atoms with E-state index in [2.05, 4.69) is 35.2 Å². The van der Waals surface area contributed by atoms with Crippen molar-refractivity contribution < 1.29 is 9.53 Å². The van der Waals surface area contributed by atoms with Crippen molar-refractivity contribution in [1.29, 1.82) is 0 Å². The van der Waals surface area contributed by atoms with Crippen LogP contribution in [0.25, 0.3) is 10.8 Å². The Hall–Kier alpha value is -2.03. The van der Waals surface area contributed by atoms with E-state index in [0.29, 0.717) is 0 Å². The second-order valence-corrected chi connectivity index (χ2v) is 4.00. The van der Waals surface area contributed by atoms with Crippen LogP contribution in [0.4, 0.5) is 5.69 Å². The van der Waals surface area contributed by atoms with Crippen LogP contribution in [-0.4, -0.2) is 19.6 Å². The molecule has 2 aromatic rings. The first kappa shape index (κ1) is 11.5. The maximum absolute atomic E-state index is 11.0. The average molecular weight is 229 g/mol. The third kappa shape index (κ3) is 2.75. The second-order valence-electron chi connectivity index (χ2n) is 4.00. The lowest BCUT2D eigenvalue weighted by Crippen LogP contribution is -2.14. The molecule has 0 aromatic heterocycles. The number of anilines is 1. The summed E-state index contributed by atoms with van der Waals surface area (Å²) in [6.45, 7) is 2.26. The van der Waals surface area contributed by atoms with E-state index < -0.39 is 0 Å². The Morgan fingerprint density at radius 1 is 1.18 bits per heavy atom. The molecule has 0 atom stereocenters. The molecule has 0 saturated carbocycles. The minimum atomic E-state index is -0.269. The summed E-state index contributed by atoms with van der Waals surface area (Å²) in [4.78, 5) is 11.0. The molecule has 3 heteroatoms. The predicted molar refractivity (Wildman–Crippen MR) is 69.2 cm³/mol. The highest BCUT2D eigenvalue weighted by atomic mass is 16.5. The normalized spacial score (nSPS) is 10.2. The molecule has 88 valence electrons. The molecule has 0 fully saturated rings. The zero-order valence-electron chi connectivity index (χ0n) is 9.99. The van der Waals surface area contributed by atoms with Crippen molar-refractivity contribution in [3.05, 3.63) is 42.0 Å². The quantitative estimate of drug-likeness (QED) is 0.822. The minimum Gasteiger partial charge on any atom is -0.468 e. The lowest BCUT2D eigenvalue weighted by atomic mass is 10.1. The van der Waals surface area contributed by atoms with Crippen LogP contribution in [0.3, 0.4) is 0 Å². The van der Waals surface area contributed by atoms with Gasteiger partial charge in [0.15, 0.2) is 0 Å². The Morgan fingerprint density at radius 2 is 1.88 bits per heavy atom. The highest BCUT2D eigenvalue weighted by Crippen LogP contribution is 2.20. The molecule has 0 aliphatic rings. The van der Waals surface area contributed by atoms with Crippen LogP contribution in [0.2, 0.25) is 0 Å². The van der Waals surface area contributed by atoms with Crippen LogP contribution in [0.15, 0.2) is 36.4 Å². The van der Waals surface area contributed by atoms with E-state index in [1.807, 2.05) is 18.2 Å². The molecule has 1 N–H and O–H groups in total. The fraction of sp³-hybridized carbons (Fsp3) is 0.214. The van der Waals surface area contributed by atoms with E-state index in [0.717, 1.165) is 11.1 Å². The summed E-state index contributed by atoms with van der Waals surface area (Å²) in [6, 6.07) is 12.3. The van der Waals surface area contributed by atoms with Crippen molar-refractivity contribution in [3.8, 4) is 0 Å². The molecule has 0 saturated heterocycles. The van der Waals surface area contributed by atoms with E-state index in [9.17, 15) is 4.79 Å². The zero-order valence-corrected chi connectivity index (χ0v) is 9.99.